The van der Waals surface area contributed by atoms with E-state index < -0.39 is 150 Å². The van der Waals surface area contributed by atoms with Gasteiger partial charge in [0.05, 0.1) is 167 Å². The third kappa shape index (κ3) is 50.0. The number of aliphatic hydroxyl groups excluding tert-OH is 6. The van der Waals surface area contributed by atoms with Crippen LogP contribution in [0.1, 0.15) is 252 Å². The molecule has 0 bridgehead atoms. The maximum absolute atomic E-state index is 11.8. The van der Waals surface area contributed by atoms with Gasteiger partial charge in [-0.2, -0.15) is 0 Å². The van der Waals surface area contributed by atoms with Gasteiger partial charge in [-0.3, -0.25) is 10.1 Å². The summed E-state index contributed by atoms with van der Waals surface area (Å²) in [6.07, 6.45) is -2.88. The van der Waals surface area contributed by atoms with Crippen molar-refractivity contribution in [1.82, 2.24) is 5.32 Å². The van der Waals surface area contributed by atoms with Crippen LogP contribution in [0.15, 0.2) is 140 Å². The lowest BCUT2D eigenvalue weighted by atomic mass is 10.1. The fourth-order valence-corrected chi connectivity index (χ4v) is 9.11. The van der Waals surface area contributed by atoms with Gasteiger partial charge in [0, 0.05) is 5.69 Å². The van der Waals surface area contributed by atoms with Crippen molar-refractivity contribution in [3.05, 3.63) is 206 Å². The molecular formula is C94H124N2O38. The first-order valence-corrected chi connectivity index (χ1v) is 41.6. The van der Waals surface area contributed by atoms with Crippen molar-refractivity contribution >= 4 is 101 Å². The van der Waals surface area contributed by atoms with Crippen molar-refractivity contribution in [2.45, 2.75) is 182 Å². The molecule has 0 spiro atoms. The summed E-state index contributed by atoms with van der Waals surface area (Å²) in [5.74, 6) is -7.94. The molecule has 8 N–H and O–H groups in total. The first kappa shape index (κ1) is 120. The van der Waals surface area contributed by atoms with Crippen LogP contribution in [0.3, 0.4) is 0 Å². The highest BCUT2D eigenvalue weighted by atomic mass is 16.6. The second kappa shape index (κ2) is 64.9. The van der Waals surface area contributed by atoms with Crippen molar-refractivity contribution in [3.8, 4) is 0 Å². The molecule has 6 rings (SSSR count). The van der Waals surface area contributed by atoms with E-state index in [1.54, 1.807) is 119 Å². The molecule has 0 saturated heterocycles. The lowest BCUT2D eigenvalue weighted by Gasteiger charge is -2.22. The van der Waals surface area contributed by atoms with Gasteiger partial charge in [0.1, 0.15) is 56.9 Å². The molecule has 134 heavy (non-hydrogen) atoms. The first-order valence-electron chi connectivity index (χ1n) is 41.6. The van der Waals surface area contributed by atoms with Crippen LogP contribution in [0.5, 0.6) is 0 Å². The topological polar surface area (TPSA) is 566 Å². The van der Waals surface area contributed by atoms with Crippen molar-refractivity contribution in [1.29, 1.82) is 0 Å². The van der Waals surface area contributed by atoms with Gasteiger partial charge in [0.2, 0.25) is 0 Å². The summed E-state index contributed by atoms with van der Waals surface area (Å²) in [6.45, 7) is 20.5. The molecule has 7 atom stereocenters. The third-order valence-electron chi connectivity index (χ3n) is 16.9. The van der Waals surface area contributed by atoms with E-state index in [-0.39, 0.29) is 96.3 Å². The number of carbonyl (C=O) groups excluding carboxylic acids is 16. The van der Waals surface area contributed by atoms with Gasteiger partial charge >= 0.3 is 95.8 Å². The Hall–Kier alpha value is -13.8. The molecule has 0 aliphatic rings. The van der Waals surface area contributed by atoms with Gasteiger partial charge in [0.15, 0.2) is 0 Å². The Bertz CT molecular complexity index is 4190. The normalized spacial score (nSPS) is 11.9. The number of ether oxygens (including phenoxy) is 16. The zero-order valence-corrected chi connectivity index (χ0v) is 78.8. The minimum absolute atomic E-state index is 0.0615. The Morgan fingerprint density at radius 3 is 0.672 bits per heavy atom. The zero-order chi connectivity index (χ0) is 102. The van der Waals surface area contributed by atoms with E-state index in [4.69, 9.17) is 37.9 Å². The van der Waals surface area contributed by atoms with Crippen molar-refractivity contribution < 1.29 is 183 Å². The average Bonchev–Trinajstić information content (AvgIpc) is 0.830. The van der Waals surface area contributed by atoms with E-state index in [1.165, 1.54) is 153 Å². The van der Waals surface area contributed by atoms with Gasteiger partial charge < -0.3 is 112 Å². The molecule has 0 fully saturated rings. The maximum Gasteiger partial charge on any atom is 0.412 e. The number of hydrogen-bond acceptors (Lipinski definition) is 38. The number of rotatable bonds is 35. The molecular weight excluding hydrogens is 1770 g/mol. The summed E-state index contributed by atoms with van der Waals surface area (Å²) in [4.78, 5) is 184. The monoisotopic (exact) mass is 1890 g/mol. The Kier molecular flexibility index (Phi) is 58.2. The zero-order valence-electron chi connectivity index (χ0n) is 78.8. The summed E-state index contributed by atoms with van der Waals surface area (Å²) in [5.41, 5.74) is 2.10. The van der Waals surface area contributed by atoms with Crippen molar-refractivity contribution in [2.24, 2.45) is 0 Å². The summed E-state index contributed by atoms with van der Waals surface area (Å²) in [6, 6.07) is 32.7. The third-order valence-corrected chi connectivity index (χ3v) is 16.9. The number of benzene rings is 6. The van der Waals surface area contributed by atoms with E-state index in [1.807, 2.05) is 0 Å². The Morgan fingerprint density at radius 2 is 0.478 bits per heavy atom. The number of anilines is 1. The van der Waals surface area contributed by atoms with Gasteiger partial charge in [-0.1, -0.05) is 53.7 Å². The van der Waals surface area contributed by atoms with Crippen LogP contribution in [-0.2, 0) is 85.4 Å². The fraction of sp³-hybridized carbons (Fsp3) is 0.447. The SMILES string of the molecule is CCC(O)COC(=O)c1ccc(C(=O)OCC(O)CC)cc1.CCC(O)COC(=O)c1ccc(C(=O)OCC(O)CC)cc1.CCC(O)COC(=O)c1ccc(C(=O)OCC(O)CC)cc1.COC(=O)CC(NC(=O)OC(C)(C)C)C(=O)OC.COC(=O)c1cc(NC(=O)OC(C)(C)C)cc(C(=O)OC)c1.COC(=O)c1cccc(C(=O)OC)c1.COC(=O)c1cccc(C(=O)OC)c1. The van der Waals surface area contributed by atoms with Gasteiger partial charge in [-0.25, -0.2) is 71.9 Å². The van der Waals surface area contributed by atoms with Crippen LogP contribution >= 0.6 is 0 Å². The average molecular weight is 1890 g/mol. The number of amides is 2. The Morgan fingerprint density at radius 1 is 0.269 bits per heavy atom. The van der Waals surface area contributed by atoms with Crippen LogP contribution < -0.4 is 10.6 Å². The highest BCUT2D eigenvalue weighted by Crippen LogP contribution is 2.21. The quantitative estimate of drug-likeness (QED) is 0.0135. The molecule has 6 aromatic carbocycles. The number of carbonyl (C=O) groups is 16. The van der Waals surface area contributed by atoms with Gasteiger partial charge in [-0.15, -0.1) is 0 Å². The lowest BCUT2D eigenvalue weighted by Crippen LogP contribution is -2.45. The summed E-state index contributed by atoms with van der Waals surface area (Å²) in [5, 5.41) is 60.7. The highest BCUT2D eigenvalue weighted by molar-refractivity contribution is 6.00. The van der Waals surface area contributed by atoms with E-state index >= 15 is 0 Å². The van der Waals surface area contributed by atoms with Crippen LogP contribution in [0.2, 0.25) is 0 Å². The van der Waals surface area contributed by atoms with E-state index in [2.05, 4.69) is 48.5 Å². The number of esters is 14. The lowest BCUT2D eigenvalue weighted by molar-refractivity contribution is -0.149. The summed E-state index contributed by atoms with van der Waals surface area (Å²) >= 11 is 0. The minimum Gasteiger partial charge on any atom is -0.469 e. The fourth-order valence-electron chi connectivity index (χ4n) is 9.11. The molecule has 2 amide bonds. The molecule has 0 heterocycles. The summed E-state index contributed by atoms with van der Waals surface area (Å²) < 4.78 is 75.9. The molecule has 0 aromatic heterocycles. The number of hydrogen-bond donors (Lipinski definition) is 8. The number of alkyl carbamates (subject to hydrolysis) is 1. The van der Waals surface area contributed by atoms with Crippen molar-refractivity contribution in [2.75, 3.05) is 102 Å². The maximum atomic E-state index is 11.8. The molecule has 0 aliphatic heterocycles. The van der Waals surface area contributed by atoms with E-state index in [9.17, 15) is 107 Å². The van der Waals surface area contributed by atoms with Gasteiger partial charge in [0.25, 0.3) is 0 Å². The number of aliphatic hydroxyl groups is 6. The second-order valence-corrected chi connectivity index (χ2v) is 29.7. The standard InChI is InChI=1S/3C16H22O6.C15H19NO6.C11H19NO6.2C10H10O4/c3*1-3-13(17)9-21-15(19)11-5-7-12(8-6-11)16(20)22-10-14(18)4-2;1-15(2,3)22-14(19)16-11-7-9(12(17)20-4)6-10(8-11)13(18)21-5;1-11(2,3)18-10(15)12-7(9(14)17-5)6-8(13)16-4;2*1-13-9(11)7-4-3-5-8(6-7)10(12)14-2/h3*5-8,13-14,17-18H,3-4,9-10H2,1-2H3;6-8H,1-5H3,(H,16,19);7H,6H2,1-5H3,(H,12,15);2*3-6H,1-2H3. The van der Waals surface area contributed by atoms with Gasteiger partial charge in [-0.05, 0) is 207 Å². The predicted octanol–water partition coefficient (Wildman–Crippen LogP) is 10.4. The van der Waals surface area contributed by atoms with Crippen LogP contribution in [0, 0.1) is 0 Å². The largest absolute Gasteiger partial charge is 0.469 e. The summed E-state index contributed by atoms with van der Waals surface area (Å²) in [7, 11) is 9.91. The smallest absolute Gasteiger partial charge is 0.412 e. The molecule has 0 radical (unpaired) electrons. The van der Waals surface area contributed by atoms with Crippen LogP contribution in [-0.4, -0.2) is 277 Å². The Balaban J connectivity index is 0.00000155. The number of nitrogens with one attached hydrogen (secondary N) is 2. The Labute approximate surface area is 776 Å². The molecule has 0 aliphatic carbocycles. The van der Waals surface area contributed by atoms with Crippen LogP contribution in [0.4, 0.5) is 15.3 Å². The van der Waals surface area contributed by atoms with E-state index in [0.29, 0.717) is 60.8 Å². The molecule has 40 nitrogen and oxygen atoms in total. The molecule has 6 aromatic rings. The molecule has 7 unspecified atom stereocenters. The second-order valence-electron chi connectivity index (χ2n) is 29.7. The van der Waals surface area contributed by atoms with E-state index in [0.717, 1.165) is 7.11 Å². The molecule has 0 saturated carbocycles. The minimum atomic E-state index is -1.13. The molecule has 40 heteroatoms. The predicted molar refractivity (Wildman–Crippen MR) is 478 cm³/mol. The first-order chi connectivity index (χ1) is 63.1. The molecule has 738 valence electrons. The van der Waals surface area contributed by atoms with Crippen molar-refractivity contribution in [3.63, 3.8) is 0 Å². The van der Waals surface area contributed by atoms with Crippen LogP contribution in [0.25, 0.3) is 0 Å². The number of methoxy groups -OCH3 is 8. The highest BCUT2D eigenvalue weighted by Gasteiger charge is 2.29.